The van der Waals surface area contributed by atoms with E-state index in [1.54, 1.807) is 11.8 Å². The fourth-order valence-electron chi connectivity index (χ4n) is 1.72. The van der Waals surface area contributed by atoms with Gasteiger partial charge in [-0.25, -0.2) is 0 Å². The van der Waals surface area contributed by atoms with Gasteiger partial charge in [-0.1, -0.05) is 23.8 Å². The van der Waals surface area contributed by atoms with Crippen molar-refractivity contribution < 1.29 is 4.52 Å². The van der Waals surface area contributed by atoms with Gasteiger partial charge in [0.1, 0.15) is 6.54 Å². The summed E-state index contributed by atoms with van der Waals surface area (Å²) in [4.78, 5) is 4.54. The fraction of sp³-hybridized carbons (Fsp3) is 0.667. The van der Waals surface area contributed by atoms with Gasteiger partial charge in [-0.15, -0.1) is 0 Å². The van der Waals surface area contributed by atoms with Crippen molar-refractivity contribution in [1.29, 1.82) is 0 Å². The van der Waals surface area contributed by atoms with Gasteiger partial charge in [0.15, 0.2) is 10.9 Å². The summed E-state index contributed by atoms with van der Waals surface area (Å²) in [6.45, 7) is 6.94. The maximum Gasteiger partial charge on any atom is 0.158 e. The summed E-state index contributed by atoms with van der Waals surface area (Å²) in [6, 6.07) is 1.93. The molecule has 2 rings (SSSR count). The number of nitrogens with one attached hydrogen (secondary N) is 1. The highest BCUT2D eigenvalue weighted by atomic mass is 32.2. The smallest absolute Gasteiger partial charge is 0.158 e. The molecule has 1 aliphatic rings. The molecule has 0 spiro atoms. The van der Waals surface area contributed by atoms with Gasteiger partial charge in [0.2, 0.25) is 0 Å². The van der Waals surface area contributed by atoms with Crippen molar-refractivity contribution in [2.75, 3.05) is 5.75 Å². The number of rotatable bonds is 3. The summed E-state index contributed by atoms with van der Waals surface area (Å²) in [5, 5.41) is 8.38. The monoisotopic (exact) mass is 253 g/mol. The number of nitrogens with zero attached hydrogens (tertiary/aromatic N) is 2. The first-order valence-corrected chi connectivity index (χ1v) is 6.97. The van der Waals surface area contributed by atoms with Crippen LogP contribution in [0.2, 0.25) is 0 Å². The van der Waals surface area contributed by atoms with Gasteiger partial charge >= 0.3 is 0 Å². The van der Waals surface area contributed by atoms with Crippen LogP contribution in [0.3, 0.4) is 0 Å². The topological polar surface area (TPSA) is 50.4 Å². The second-order valence-corrected chi connectivity index (χ2v) is 5.78. The molecule has 1 saturated heterocycles. The predicted octanol–water partition coefficient (Wildman–Crippen LogP) is 2.73. The molecule has 94 valence electrons. The second-order valence-electron chi connectivity index (χ2n) is 4.69. The van der Waals surface area contributed by atoms with Crippen molar-refractivity contribution in [3.05, 3.63) is 17.5 Å². The molecule has 5 heteroatoms. The molecule has 0 aliphatic carbocycles. The average Bonchev–Trinajstić information content (AvgIpc) is 2.73. The second kappa shape index (κ2) is 5.12. The Labute approximate surface area is 106 Å². The van der Waals surface area contributed by atoms with E-state index in [0.29, 0.717) is 6.54 Å². The van der Waals surface area contributed by atoms with Gasteiger partial charge in [-0.3, -0.25) is 4.99 Å². The molecule has 4 nitrogen and oxygen atoms in total. The lowest BCUT2D eigenvalue weighted by atomic mass is 9.96. The van der Waals surface area contributed by atoms with Crippen LogP contribution in [0, 0.1) is 6.92 Å². The minimum atomic E-state index is 0.196. The molecule has 1 aromatic rings. The number of amidine groups is 1. The standard InChI is InChI=1S/C12H19N3OS/c1-4-12(3)5-6-17-11(14-12)13-8-10-7-9(2)15-16-10/h7H,4-6,8H2,1-3H3,(H,13,14). The molecule has 1 aromatic heterocycles. The lowest BCUT2D eigenvalue weighted by Crippen LogP contribution is -2.48. The highest BCUT2D eigenvalue weighted by Gasteiger charge is 2.27. The third-order valence-electron chi connectivity index (χ3n) is 3.14. The van der Waals surface area contributed by atoms with Crippen molar-refractivity contribution in [2.45, 2.75) is 45.7 Å². The van der Waals surface area contributed by atoms with E-state index in [2.05, 4.69) is 29.3 Å². The largest absolute Gasteiger partial charge is 0.360 e. The van der Waals surface area contributed by atoms with E-state index in [4.69, 9.17) is 4.52 Å². The zero-order valence-electron chi connectivity index (χ0n) is 10.6. The third-order valence-corrected chi connectivity index (χ3v) is 4.05. The van der Waals surface area contributed by atoms with Crippen LogP contribution in [0.4, 0.5) is 0 Å². The van der Waals surface area contributed by atoms with Crippen LogP contribution in [0.1, 0.15) is 38.1 Å². The molecule has 17 heavy (non-hydrogen) atoms. The Kier molecular flexibility index (Phi) is 3.76. The number of thioether (sulfide) groups is 1. The first-order valence-electron chi connectivity index (χ1n) is 5.99. The molecular weight excluding hydrogens is 234 g/mol. The number of hydrogen-bond acceptors (Lipinski definition) is 4. The maximum absolute atomic E-state index is 5.14. The van der Waals surface area contributed by atoms with E-state index in [1.807, 2.05) is 13.0 Å². The number of aromatic nitrogens is 1. The molecule has 1 aliphatic heterocycles. The number of hydrogen-bond donors (Lipinski definition) is 1. The normalized spacial score (nSPS) is 27.1. The van der Waals surface area contributed by atoms with Crippen molar-refractivity contribution in [3.8, 4) is 0 Å². The summed E-state index contributed by atoms with van der Waals surface area (Å²) in [5.74, 6) is 1.95. The van der Waals surface area contributed by atoms with Crippen LogP contribution in [0.5, 0.6) is 0 Å². The van der Waals surface area contributed by atoms with E-state index >= 15 is 0 Å². The summed E-state index contributed by atoms with van der Waals surface area (Å²) in [6.07, 6.45) is 2.31. The van der Waals surface area contributed by atoms with Crippen LogP contribution in [-0.2, 0) is 6.54 Å². The quantitative estimate of drug-likeness (QED) is 0.900. The minimum Gasteiger partial charge on any atom is -0.360 e. The Hall–Kier alpha value is -0.970. The molecule has 0 saturated carbocycles. The van der Waals surface area contributed by atoms with Crippen LogP contribution in [-0.4, -0.2) is 21.6 Å². The van der Waals surface area contributed by atoms with Gasteiger partial charge < -0.3 is 9.84 Å². The maximum atomic E-state index is 5.14. The van der Waals surface area contributed by atoms with Gasteiger partial charge in [0.25, 0.3) is 0 Å². The van der Waals surface area contributed by atoms with Crippen LogP contribution in [0.15, 0.2) is 15.6 Å². The first kappa shape index (κ1) is 12.5. The summed E-state index contributed by atoms with van der Waals surface area (Å²) < 4.78 is 5.14. The van der Waals surface area contributed by atoms with Crippen LogP contribution >= 0.6 is 11.8 Å². The SMILES string of the molecule is CCC1(C)CCSC(=NCc2cc(C)no2)N1. The molecule has 0 aromatic carbocycles. The van der Waals surface area contributed by atoms with Gasteiger partial charge in [-0.05, 0) is 26.7 Å². The Morgan fingerprint density at radius 3 is 3.12 bits per heavy atom. The zero-order chi connectivity index (χ0) is 12.3. The Bertz CT molecular complexity index is 416. The molecule has 2 heterocycles. The van der Waals surface area contributed by atoms with Crippen LogP contribution in [0.25, 0.3) is 0 Å². The van der Waals surface area contributed by atoms with E-state index in [9.17, 15) is 0 Å². The zero-order valence-corrected chi connectivity index (χ0v) is 11.4. The van der Waals surface area contributed by atoms with Gasteiger partial charge in [0, 0.05) is 17.4 Å². The van der Waals surface area contributed by atoms with Gasteiger partial charge in [0.05, 0.1) is 5.69 Å². The Balaban J connectivity index is 1.97. The lowest BCUT2D eigenvalue weighted by Gasteiger charge is -2.35. The molecule has 0 radical (unpaired) electrons. The van der Waals surface area contributed by atoms with Crippen molar-refractivity contribution in [1.82, 2.24) is 10.5 Å². The molecule has 1 N–H and O–H groups in total. The molecule has 0 bridgehead atoms. The highest BCUT2D eigenvalue weighted by molar-refractivity contribution is 8.13. The van der Waals surface area contributed by atoms with E-state index in [0.717, 1.165) is 28.8 Å². The highest BCUT2D eigenvalue weighted by Crippen LogP contribution is 2.25. The lowest BCUT2D eigenvalue weighted by molar-refractivity contribution is 0.378. The fourth-order valence-corrected chi connectivity index (χ4v) is 2.94. The Morgan fingerprint density at radius 1 is 1.65 bits per heavy atom. The first-order chi connectivity index (χ1) is 8.11. The van der Waals surface area contributed by atoms with Crippen LogP contribution < -0.4 is 5.32 Å². The minimum absolute atomic E-state index is 0.196. The van der Waals surface area contributed by atoms with Crippen molar-refractivity contribution >= 4 is 16.9 Å². The van der Waals surface area contributed by atoms with E-state index < -0.39 is 0 Å². The van der Waals surface area contributed by atoms with E-state index in [1.165, 1.54) is 6.42 Å². The molecular formula is C12H19N3OS. The Morgan fingerprint density at radius 2 is 2.47 bits per heavy atom. The molecule has 0 amide bonds. The van der Waals surface area contributed by atoms with Crippen molar-refractivity contribution in [3.63, 3.8) is 0 Å². The number of aryl methyl sites for hydroxylation is 1. The third kappa shape index (κ3) is 3.25. The van der Waals surface area contributed by atoms with Gasteiger partial charge in [-0.2, -0.15) is 0 Å². The predicted molar refractivity (Wildman–Crippen MR) is 71.3 cm³/mol. The van der Waals surface area contributed by atoms with E-state index in [-0.39, 0.29) is 5.54 Å². The summed E-state index contributed by atoms with van der Waals surface area (Å²) in [5.41, 5.74) is 1.10. The van der Waals surface area contributed by atoms with Crippen molar-refractivity contribution in [2.24, 2.45) is 4.99 Å². The molecule has 1 atom stereocenters. The average molecular weight is 253 g/mol. The summed E-state index contributed by atoms with van der Waals surface area (Å²) in [7, 11) is 0. The molecule has 1 unspecified atom stereocenters. The molecule has 1 fully saturated rings. The summed E-state index contributed by atoms with van der Waals surface area (Å²) >= 11 is 1.78. The number of aliphatic imine (C=N–C) groups is 1.